The number of hydrogen-bond acceptors (Lipinski definition) is 5. The summed E-state index contributed by atoms with van der Waals surface area (Å²) in [5.74, 6) is 0. The summed E-state index contributed by atoms with van der Waals surface area (Å²) >= 11 is 0. The highest BCUT2D eigenvalue weighted by Crippen LogP contribution is 2.13. The van der Waals surface area contributed by atoms with Crippen LogP contribution < -0.4 is 10.0 Å². The number of rotatable bonds is 10. The number of nitrogens with one attached hydrogen (secondary N) is 2. The quantitative estimate of drug-likeness (QED) is 0.673. The molecular weight excluding hydrogens is 290 g/mol. The summed E-state index contributed by atoms with van der Waals surface area (Å²) in [6.07, 6.45) is 0. The summed E-state index contributed by atoms with van der Waals surface area (Å²) in [4.78, 5) is 2.30. The minimum Gasteiger partial charge on any atom is -0.385 e. The topological polar surface area (TPSA) is 70.7 Å². The van der Waals surface area contributed by atoms with Gasteiger partial charge in [-0.2, -0.15) is 0 Å². The second-order valence-corrected chi connectivity index (χ2v) is 6.52. The molecule has 2 N–H and O–H groups in total. The van der Waals surface area contributed by atoms with E-state index in [0.717, 1.165) is 18.8 Å². The predicted molar refractivity (Wildman–Crippen MR) is 85.2 cm³/mol. The summed E-state index contributed by atoms with van der Waals surface area (Å²) in [5.41, 5.74) is 0.913. The van der Waals surface area contributed by atoms with Crippen molar-refractivity contribution in [2.75, 3.05) is 52.3 Å². The molecule has 0 aliphatic carbocycles. The molecule has 0 aliphatic rings. The summed E-state index contributed by atoms with van der Waals surface area (Å²) in [7, 11) is 0.132. The lowest BCUT2D eigenvalue weighted by Gasteiger charge is -2.16. The average Bonchev–Trinajstić information content (AvgIpc) is 2.46. The van der Waals surface area contributed by atoms with Crippen LogP contribution in [-0.4, -0.2) is 60.3 Å². The molecule has 0 unspecified atom stereocenters. The van der Waals surface area contributed by atoms with Crippen molar-refractivity contribution < 1.29 is 13.2 Å². The third kappa shape index (κ3) is 6.43. The van der Waals surface area contributed by atoms with Gasteiger partial charge in [0.15, 0.2) is 0 Å². The van der Waals surface area contributed by atoms with Gasteiger partial charge in [0, 0.05) is 39.0 Å². The molecule has 0 bridgehead atoms. The Bertz CT molecular complexity index is 503. The minimum absolute atomic E-state index is 0.281. The first-order valence-corrected chi connectivity index (χ1v) is 8.49. The van der Waals surface area contributed by atoms with E-state index in [-0.39, 0.29) is 4.90 Å². The van der Waals surface area contributed by atoms with Gasteiger partial charge in [-0.15, -0.1) is 0 Å². The molecule has 0 heterocycles. The Hall–Kier alpha value is -1.15. The van der Waals surface area contributed by atoms with Gasteiger partial charge in [0.2, 0.25) is 10.0 Å². The Morgan fingerprint density at radius 1 is 1.19 bits per heavy atom. The zero-order valence-electron chi connectivity index (χ0n) is 12.9. The zero-order chi connectivity index (χ0) is 15.7. The number of methoxy groups -OCH3 is 1. The van der Waals surface area contributed by atoms with Crippen molar-refractivity contribution >= 4 is 15.7 Å². The van der Waals surface area contributed by atoms with Crippen molar-refractivity contribution in [1.82, 2.24) is 9.62 Å². The van der Waals surface area contributed by atoms with Crippen molar-refractivity contribution in [3.63, 3.8) is 0 Å². The number of anilines is 1. The van der Waals surface area contributed by atoms with E-state index in [1.165, 1.54) is 0 Å². The lowest BCUT2D eigenvalue weighted by atomic mass is 10.3. The Morgan fingerprint density at radius 2 is 1.86 bits per heavy atom. The van der Waals surface area contributed by atoms with Gasteiger partial charge in [-0.05, 0) is 38.2 Å². The normalized spacial score (nSPS) is 11.8. The van der Waals surface area contributed by atoms with Gasteiger partial charge >= 0.3 is 0 Å². The van der Waals surface area contributed by atoms with E-state index >= 15 is 0 Å². The fourth-order valence-corrected chi connectivity index (χ4v) is 2.79. The molecule has 1 rings (SSSR count). The number of hydrogen-bond donors (Lipinski definition) is 2. The van der Waals surface area contributed by atoms with Crippen LogP contribution in [0.2, 0.25) is 0 Å². The second-order valence-electron chi connectivity index (χ2n) is 4.75. The molecule has 1 aromatic carbocycles. The monoisotopic (exact) mass is 315 g/mol. The van der Waals surface area contributed by atoms with Crippen LogP contribution in [0, 0.1) is 0 Å². The minimum atomic E-state index is -3.44. The molecule has 120 valence electrons. The molecular formula is C14H25N3O3S. The number of likely N-dealkylation sites (N-methyl/N-ethyl adjacent to an activating group) is 1. The van der Waals surface area contributed by atoms with E-state index in [1.807, 2.05) is 18.9 Å². The van der Waals surface area contributed by atoms with Crippen LogP contribution in [0.3, 0.4) is 0 Å². The van der Waals surface area contributed by atoms with Crippen LogP contribution in [0.25, 0.3) is 0 Å². The SMILES string of the molecule is CCNc1ccc(S(=O)(=O)NCCN(C)CCOC)cc1. The van der Waals surface area contributed by atoms with Crippen molar-refractivity contribution in [2.24, 2.45) is 0 Å². The van der Waals surface area contributed by atoms with Crippen LogP contribution in [0.15, 0.2) is 29.2 Å². The van der Waals surface area contributed by atoms with E-state index < -0.39 is 10.0 Å². The molecule has 0 aromatic heterocycles. The molecule has 21 heavy (non-hydrogen) atoms. The third-order valence-electron chi connectivity index (χ3n) is 3.01. The molecule has 6 nitrogen and oxygen atoms in total. The highest BCUT2D eigenvalue weighted by atomic mass is 32.2. The first kappa shape index (κ1) is 17.9. The molecule has 7 heteroatoms. The van der Waals surface area contributed by atoms with Gasteiger partial charge < -0.3 is 15.0 Å². The van der Waals surface area contributed by atoms with Crippen LogP contribution in [0.5, 0.6) is 0 Å². The maximum absolute atomic E-state index is 12.1. The fourth-order valence-electron chi connectivity index (χ4n) is 1.77. The van der Waals surface area contributed by atoms with Gasteiger partial charge in [-0.3, -0.25) is 0 Å². The number of nitrogens with zero attached hydrogens (tertiary/aromatic N) is 1. The van der Waals surface area contributed by atoms with Crippen molar-refractivity contribution in [3.05, 3.63) is 24.3 Å². The van der Waals surface area contributed by atoms with Crippen LogP contribution in [0.1, 0.15) is 6.92 Å². The number of ether oxygens (including phenoxy) is 1. The van der Waals surface area contributed by atoms with E-state index in [4.69, 9.17) is 4.74 Å². The lowest BCUT2D eigenvalue weighted by molar-refractivity contribution is 0.162. The molecule has 1 aromatic rings. The Balaban J connectivity index is 2.49. The average molecular weight is 315 g/mol. The van der Waals surface area contributed by atoms with Gasteiger partial charge in [0.1, 0.15) is 0 Å². The lowest BCUT2D eigenvalue weighted by Crippen LogP contribution is -2.34. The smallest absolute Gasteiger partial charge is 0.240 e. The van der Waals surface area contributed by atoms with Gasteiger partial charge in [0.25, 0.3) is 0 Å². The second kappa shape index (κ2) is 8.99. The zero-order valence-corrected chi connectivity index (χ0v) is 13.7. The maximum atomic E-state index is 12.1. The van der Waals surface area contributed by atoms with E-state index in [1.54, 1.807) is 31.4 Å². The van der Waals surface area contributed by atoms with Gasteiger partial charge in [0.05, 0.1) is 11.5 Å². The van der Waals surface area contributed by atoms with E-state index in [2.05, 4.69) is 10.0 Å². The van der Waals surface area contributed by atoms with E-state index in [0.29, 0.717) is 19.7 Å². The first-order chi connectivity index (χ1) is 9.99. The Labute approximate surface area is 127 Å². The van der Waals surface area contributed by atoms with Crippen molar-refractivity contribution in [2.45, 2.75) is 11.8 Å². The summed E-state index contributed by atoms with van der Waals surface area (Å²) < 4.78 is 31.8. The van der Waals surface area contributed by atoms with Crippen molar-refractivity contribution in [1.29, 1.82) is 0 Å². The first-order valence-electron chi connectivity index (χ1n) is 7.00. The Morgan fingerprint density at radius 3 is 2.43 bits per heavy atom. The number of benzene rings is 1. The van der Waals surface area contributed by atoms with E-state index in [9.17, 15) is 8.42 Å². The van der Waals surface area contributed by atoms with Crippen LogP contribution >= 0.6 is 0 Å². The summed E-state index contributed by atoms with van der Waals surface area (Å²) in [6, 6.07) is 6.75. The van der Waals surface area contributed by atoms with Crippen LogP contribution in [-0.2, 0) is 14.8 Å². The third-order valence-corrected chi connectivity index (χ3v) is 4.49. The van der Waals surface area contributed by atoms with Crippen LogP contribution in [0.4, 0.5) is 5.69 Å². The molecule has 0 fully saturated rings. The Kier molecular flexibility index (Phi) is 7.66. The molecule has 0 spiro atoms. The number of sulfonamides is 1. The maximum Gasteiger partial charge on any atom is 0.240 e. The highest BCUT2D eigenvalue weighted by Gasteiger charge is 2.13. The molecule has 0 atom stereocenters. The van der Waals surface area contributed by atoms with Crippen molar-refractivity contribution in [3.8, 4) is 0 Å². The fraction of sp³-hybridized carbons (Fsp3) is 0.571. The molecule has 0 aliphatic heterocycles. The molecule has 0 saturated heterocycles. The molecule has 0 radical (unpaired) electrons. The standard InChI is InChI=1S/C14H25N3O3S/c1-4-15-13-5-7-14(8-6-13)21(18,19)16-9-10-17(2)11-12-20-3/h5-8,15-16H,4,9-12H2,1-3H3. The predicted octanol–water partition coefficient (Wildman–Crippen LogP) is 0.975. The molecule has 0 saturated carbocycles. The summed E-state index contributed by atoms with van der Waals surface area (Å²) in [6.45, 7) is 5.21. The largest absolute Gasteiger partial charge is 0.385 e. The van der Waals surface area contributed by atoms with Gasteiger partial charge in [-0.1, -0.05) is 0 Å². The summed E-state index contributed by atoms with van der Waals surface area (Å²) in [5, 5.41) is 3.13. The molecule has 0 amide bonds. The highest BCUT2D eigenvalue weighted by molar-refractivity contribution is 7.89. The van der Waals surface area contributed by atoms with Gasteiger partial charge in [-0.25, -0.2) is 13.1 Å².